The predicted molar refractivity (Wildman–Crippen MR) is 56.0 cm³/mol. The fourth-order valence-corrected chi connectivity index (χ4v) is 1.17. The van der Waals surface area contributed by atoms with Crippen molar-refractivity contribution in [1.82, 2.24) is 4.98 Å². The number of hydrogen-bond acceptors (Lipinski definition) is 5. The lowest BCUT2D eigenvalue weighted by Gasteiger charge is -2.16. The van der Waals surface area contributed by atoms with Gasteiger partial charge in [0.15, 0.2) is 0 Å². The summed E-state index contributed by atoms with van der Waals surface area (Å²) in [5, 5.41) is 19.4. The molecule has 6 heteroatoms. The molecule has 1 aromatic rings. The van der Waals surface area contributed by atoms with Crippen LogP contribution in [0.2, 0.25) is 0 Å². The Morgan fingerprint density at radius 3 is 2.87 bits per heavy atom. The van der Waals surface area contributed by atoms with Crippen molar-refractivity contribution in [1.29, 1.82) is 0 Å². The fourth-order valence-electron chi connectivity index (χ4n) is 1.17. The van der Waals surface area contributed by atoms with E-state index in [9.17, 15) is 10.1 Å². The van der Waals surface area contributed by atoms with Gasteiger partial charge in [0, 0.05) is 25.4 Å². The standard InChI is InChI=1S/C9H13N3O3/c1-7-6-10-9(11(2)3-4-13)5-8(7)12(14)15/h5-6,13H,3-4H2,1-2H3. The van der Waals surface area contributed by atoms with Gasteiger partial charge in [-0.25, -0.2) is 4.98 Å². The number of nitro groups is 1. The van der Waals surface area contributed by atoms with Crippen molar-refractivity contribution < 1.29 is 10.0 Å². The van der Waals surface area contributed by atoms with E-state index in [1.807, 2.05) is 0 Å². The maximum Gasteiger partial charge on any atom is 0.277 e. The summed E-state index contributed by atoms with van der Waals surface area (Å²) in [7, 11) is 1.72. The molecule has 0 fully saturated rings. The Kier molecular flexibility index (Phi) is 3.56. The largest absolute Gasteiger partial charge is 0.395 e. The topological polar surface area (TPSA) is 79.5 Å². The summed E-state index contributed by atoms with van der Waals surface area (Å²) in [5.41, 5.74) is 0.575. The van der Waals surface area contributed by atoms with Crippen LogP contribution in [-0.2, 0) is 0 Å². The molecule has 15 heavy (non-hydrogen) atoms. The van der Waals surface area contributed by atoms with E-state index in [0.29, 0.717) is 17.9 Å². The second-order valence-electron chi connectivity index (χ2n) is 3.23. The Morgan fingerprint density at radius 1 is 1.67 bits per heavy atom. The highest BCUT2D eigenvalue weighted by Gasteiger charge is 2.13. The van der Waals surface area contributed by atoms with Gasteiger partial charge < -0.3 is 10.0 Å². The first-order valence-electron chi connectivity index (χ1n) is 4.49. The number of aromatic nitrogens is 1. The first kappa shape index (κ1) is 11.4. The quantitative estimate of drug-likeness (QED) is 0.586. The molecule has 0 aliphatic heterocycles. The maximum atomic E-state index is 10.7. The number of aryl methyl sites for hydroxylation is 1. The number of rotatable bonds is 4. The monoisotopic (exact) mass is 211 g/mol. The molecule has 1 N–H and O–H groups in total. The highest BCUT2D eigenvalue weighted by Crippen LogP contribution is 2.21. The van der Waals surface area contributed by atoms with Crippen molar-refractivity contribution in [3.63, 3.8) is 0 Å². The molecule has 0 aliphatic rings. The van der Waals surface area contributed by atoms with Crippen molar-refractivity contribution in [2.24, 2.45) is 0 Å². The maximum absolute atomic E-state index is 10.7. The third-order valence-electron chi connectivity index (χ3n) is 2.08. The van der Waals surface area contributed by atoms with Crippen LogP contribution in [0.4, 0.5) is 11.5 Å². The molecule has 0 saturated carbocycles. The van der Waals surface area contributed by atoms with Crippen molar-refractivity contribution in [3.05, 3.63) is 27.9 Å². The third-order valence-corrected chi connectivity index (χ3v) is 2.08. The second-order valence-corrected chi connectivity index (χ2v) is 3.23. The summed E-state index contributed by atoms with van der Waals surface area (Å²) in [6.45, 7) is 2.02. The number of nitrogens with zero attached hydrogens (tertiary/aromatic N) is 3. The van der Waals surface area contributed by atoms with Crippen molar-refractivity contribution in [2.75, 3.05) is 25.1 Å². The van der Waals surface area contributed by atoms with Gasteiger partial charge in [-0.05, 0) is 6.92 Å². The summed E-state index contributed by atoms with van der Waals surface area (Å²) in [6.07, 6.45) is 1.46. The van der Waals surface area contributed by atoms with Gasteiger partial charge in [0.1, 0.15) is 5.82 Å². The van der Waals surface area contributed by atoms with E-state index < -0.39 is 4.92 Å². The summed E-state index contributed by atoms with van der Waals surface area (Å²) in [6, 6.07) is 1.41. The molecule has 0 amide bonds. The Bertz CT molecular complexity index is 368. The second kappa shape index (κ2) is 4.70. The summed E-state index contributed by atoms with van der Waals surface area (Å²) in [5.74, 6) is 0.487. The predicted octanol–water partition coefficient (Wildman–Crippen LogP) is 0.727. The lowest BCUT2D eigenvalue weighted by atomic mass is 10.2. The highest BCUT2D eigenvalue weighted by molar-refractivity contribution is 5.50. The highest BCUT2D eigenvalue weighted by atomic mass is 16.6. The number of likely N-dealkylation sites (N-methyl/N-ethyl adjacent to an activating group) is 1. The molecule has 0 saturated heterocycles. The Hall–Kier alpha value is -1.69. The van der Waals surface area contributed by atoms with Crippen LogP contribution in [0.25, 0.3) is 0 Å². The molecular formula is C9H13N3O3. The van der Waals surface area contributed by atoms with E-state index in [1.54, 1.807) is 18.9 Å². The summed E-state index contributed by atoms with van der Waals surface area (Å²) < 4.78 is 0. The van der Waals surface area contributed by atoms with Crippen LogP contribution >= 0.6 is 0 Å². The Labute approximate surface area is 87.3 Å². The first-order valence-corrected chi connectivity index (χ1v) is 4.49. The Morgan fingerprint density at radius 2 is 2.33 bits per heavy atom. The first-order chi connectivity index (χ1) is 7.06. The normalized spacial score (nSPS) is 10.1. The number of pyridine rings is 1. The van der Waals surface area contributed by atoms with Crippen molar-refractivity contribution >= 4 is 11.5 Å². The van der Waals surface area contributed by atoms with Gasteiger partial charge in [-0.15, -0.1) is 0 Å². The van der Waals surface area contributed by atoms with Crippen LogP contribution in [-0.4, -0.2) is 35.2 Å². The van der Waals surface area contributed by atoms with Gasteiger partial charge in [0.25, 0.3) is 5.69 Å². The average Bonchev–Trinajstić information content (AvgIpc) is 2.18. The van der Waals surface area contributed by atoms with Crippen molar-refractivity contribution in [3.8, 4) is 0 Å². The summed E-state index contributed by atoms with van der Waals surface area (Å²) in [4.78, 5) is 15.9. The van der Waals surface area contributed by atoms with Crippen LogP contribution in [0.1, 0.15) is 5.56 Å². The van der Waals surface area contributed by atoms with Crippen LogP contribution < -0.4 is 4.90 Å². The molecule has 0 unspecified atom stereocenters. The molecule has 1 aromatic heterocycles. The molecule has 82 valence electrons. The number of aliphatic hydroxyl groups is 1. The molecule has 0 radical (unpaired) electrons. The van der Waals surface area contributed by atoms with Gasteiger partial charge >= 0.3 is 0 Å². The van der Waals surface area contributed by atoms with E-state index in [2.05, 4.69) is 4.98 Å². The molecule has 0 aliphatic carbocycles. The number of aliphatic hydroxyl groups excluding tert-OH is 1. The zero-order chi connectivity index (χ0) is 11.4. The zero-order valence-corrected chi connectivity index (χ0v) is 8.67. The number of anilines is 1. The van der Waals surface area contributed by atoms with E-state index >= 15 is 0 Å². The van der Waals surface area contributed by atoms with E-state index in [0.717, 1.165) is 0 Å². The van der Waals surface area contributed by atoms with Gasteiger partial charge in [-0.1, -0.05) is 0 Å². The fraction of sp³-hybridized carbons (Fsp3) is 0.444. The molecule has 0 bridgehead atoms. The van der Waals surface area contributed by atoms with Crippen LogP contribution in [0.5, 0.6) is 0 Å². The molecule has 0 spiro atoms. The molecule has 0 aromatic carbocycles. The van der Waals surface area contributed by atoms with Crippen LogP contribution in [0, 0.1) is 17.0 Å². The Balaban J connectivity index is 3.02. The van der Waals surface area contributed by atoms with Gasteiger partial charge in [-0.3, -0.25) is 10.1 Å². The smallest absolute Gasteiger partial charge is 0.277 e. The minimum Gasteiger partial charge on any atom is -0.395 e. The van der Waals surface area contributed by atoms with Crippen LogP contribution in [0.3, 0.4) is 0 Å². The lowest BCUT2D eigenvalue weighted by Crippen LogP contribution is -2.22. The molecule has 1 rings (SSSR count). The average molecular weight is 211 g/mol. The van der Waals surface area contributed by atoms with E-state index in [1.165, 1.54) is 12.3 Å². The van der Waals surface area contributed by atoms with E-state index in [4.69, 9.17) is 5.11 Å². The molecule has 1 heterocycles. The minimum atomic E-state index is -0.437. The summed E-state index contributed by atoms with van der Waals surface area (Å²) >= 11 is 0. The van der Waals surface area contributed by atoms with Gasteiger partial charge in [0.2, 0.25) is 0 Å². The molecular weight excluding hydrogens is 198 g/mol. The third kappa shape index (κ3) is 2.63. The molecule has 0 atom stereocenters. The number of hydrogen-bond donors (Lipinski definition) is 1. The zero-order valence-electron chi connectivity index (χ0n) is 8.67. The van der Waals surface area contributed by atoms with Crippen LogP contribution in [0.15, 0.2) is 12.3 Å². The van der Waals surface area contributed by atoms with Gasteiger partial charge in [0.05, 0.1) is 17.6 Å². The molecule has 6 nitrogen and oxygen atoms in total. The minimum absolute atomic E-state index is 0.0140. The van der Waals surface area contributed by atoms with Gasteiger partial charge in [-0.2, -0.15) is 0 Å². The SMILES string of the molecule is Cc1cnc(N(C)CCO)cc1[N+](=O)[O-]. The van der Waals surface area contributed by atoms with E-state index in [-0.39, 0.29) is 12.3 Å². The lowest BCUT2D eigenvalue weighted by molar-refractivity contribution is -0.385. The van der Waals surface area contributed by atoms with Crippen molar-refractivity contribution in [2.45, 2.75) is 6.92 Å².